The van der Waals surface area contributed by atoms with Crippen molar-refractivity contribution < 1.29 is 22.7 Å². The van der Waals surface area contributed by atoms with Gasteiger partial charge in [0.2, 0.25) is 5.88 Å². The normalized spacial score (nSPS) is 11.1. The molecule has 0 aliphatic rings. The Balaban J connectivity index is 1.75. The number of ether oxygens (including phenoxy) is 1. The van der Waals surface area contributed by atoms with E-state index in [1.165, 1.54) is 19.1 Å². The molecule has 0 bridgehead atoms. The largest absolute Gasteiger partial charge is 0.477 e. The number of aromatic amines is 1. The third-order valence-electron chi connectivity index (χ3n) is 4.67. The van der Waals surface area contributed by atoms with Crippen molar-refractivity contribution in [1.29, 1.82) is 5.26 Å². The Morgan fingerprint density at radius 3 is 2.59 bits per heavy atom. The van der Waals surface area contributed by atoms with Crippen molar-refractivity contribution in [2.24, 2.45) is 0 Å². The number of nitriles is 1. The number of carbonyl (C=O) groups is 1. The number of carbonyl (C=O) groups excluding carboxylic acids is 1. The summed E-state index contributed by atoms with van der Waals surface area (Å²) in [4.78, 5) is 16.5. The molecule has 3 heterocycles. The number of H-pyrrole nitrogens is 1. The van der Waals surface area contributed by atoms with Crippen LogP contribution >= 0.6 is 0 Å². The van der Waals surface area contributed by atoms with Crippen LogP contribution in [0.4, 0.5) is 23.7 Å². The summed E-state index contributed by atoms with van der Waals surface area (Å²) >= 11 is 0. The molecule has 3 N–H and O–H groups in total. The summed E-state index contributed by atoms with van der Waals surface area (Å²) in [5.74, 6) is 0.116. The number of hydrogen-bond acceptors (Lipinski definition) is 7. The number of pyridine rings is 1. The molecule has 3 aromatic heterocycles. The molecule has 0 saturated carbocycles. The van der Waals surface area contributed by atoms with E-state index in [0.29, 0.717) is 23.6 Å². The third kappa shape index (κ3) is 5.22. The fourth-order valence-electron chi connectivity index (χ4n) is 3.23. The van der Waals surface area contributed by atoms with E-state index in [0.717, 1.165) is 0 Å². The molecule has 0 atom stereocenters. The number of urea groups is 1. The lowest BCUT2D eigenvalue weighted by atomic mass is 10.0. The minimum atomic E-state index is -4.65. The molecular weight excluding hydrogens is 453 g/mol. The van der Waals surface area contributed by atoms with Crippen LogP contribution in [-0.4, -0.2) is 38.0 Å². The lowest BCUT2D eigenvalue weighted by molar-refractivity contribution is -0.140. The lowest BCUT2D eigenvalue weighted by Gasteiger charge is -2.13. The van der Waals surface area contributed by atoms with Gasteiger partial charge in [0.1, 0.15) is 11.6 Å². The van der Waals surface area contributed by atoms with Crippen LogP contribution in [0.5, 0.6) is 5.88 Å². The summed E-state index contributed by atoms with van der Waals surface area (Å²) in [6.07, 6.45) is -4.65. The Bertz CT molecular complexity index is 1260. The molecule has 0 radical (unpaired) electrons. The molecule has 0 aromatic carbocycles. The Morgan fingerprint density at radius 2 is 1.97 bits per heavy atom. The van der Waals surface area contributed by atoms with Crippen LogP contribution in [0.3, 0.4) is 0 Å². The Kier molecular flexibility index (Phi) is 7.00. The van der Waals surface area contributed by atoms with Crippen molar-refractivity contribution in [1.82, 2.24) is 30.7 Å². The van der Waals surface area contributed by atoms with Crippen LogP contribution in [0.15, 0.2) is 12.1 Å². The predicted octanol–water partition coefficient (Wildman–Crippen LogP) is 3.80. The van der Waals surface area contributed by atoms with E-state index in [4.69, 9.17) is 4.74 Å². The molecule has 0 saturated heterocycles. The summed E-state index contributed by atoms with van der Waals surface area (Å²) in [5.41, 5.74) is 0.623. The van der Waals surface area contributed by atoms with Crippen LogP contribution in [0.25, 0.3) is 11.3 Å². The Labute approximate surface area is 192 Å². The lowest BCUT2D eigenvalue weighted by Crippen LogP contribution is -2.29. The molecule has 0 unspecified atom stereocenters. The molecule has 178 valence electrons. The molecule has 2 amide bonds. The van der Waals surface area contributed by atoms with Gasteiger partial charge in [-0.05, 0) is 45.4 Å². The average Bonchev–Trinajstić information content (AvgIpc) is 3.14. The number of rotatable bonds is 6. The molecule has 3 aromatic rings. The van der Waals surface area contributed by atoms with Gasteiger partial charge in [-0.15, -0.1) is 5.10 Å². The molecule has 0 aliphatic heterocycles. The van der Waals surface area contributed by atoms with Crippen LogP contribution in [0.1, 0.15) is 40.8 Å². The zero-order valence-electron chi connectivity index (χ0n) is 18.8. The van der Waals surface area contributed by atoms with Gasteiger partial charge in [-0.3, -0.25) is 5.10 Å². The van der Waals surface area contributed by atoms with Gasteiger partial charge in [0, 0.05) is 11.4 Å². The minimum Gasteiger partial charge on any atom is -0.477 e. The fraction of sp³-hybridized carbons (Fsp3) is 0.333. The van der Waals surface area contributed by atoms with Crippen LogP contribution in [0.2, 0.25) is 0 Å². The molecule has 13 heteroatoms. The van der Waals surface area contributed by atoms with Crippen molar-refractivity contribution in [3.8, 4) is 23.2 Å². The number of anilines is 1. The smallest absolute Gasteiger partial charge is 0.435 e. The molecule has 0 spiro atoms. The van der Waals surface area contributed by atoms with Gasteiger partial charge >= 0.3 is 12.2 Å². The van der Waals surface area contributed by atoms with Gasteiger partial charge in [0.25, 0.3) is 0 Å². The average molecular weight is 474 g/mol. The predicted molar refractivity (Wildman–Crippen MR) is 115 cm³/mol. The van der Waals surface area contributed by atoms with E-state index < -0.39 is 17.9 Å². The van der Waals surface area contributed by atoms with E-state index in [9.17, 15) is 23.2 Å². The fourth-order valence-corrected chi connectivity index (χ4v) is 3.23. The molecule has 3 rings (SSSR count). The van der Waals surface area contributed by atoms with E-state index >= 15 is 0 Å². The molecular formula is C21H21F3N8O2. The second-order valence-electron chi connectivity index (χ2n) is 7.28. The van der Waals surface area contributed by atoms with E-state index in [1.54, 1.807) is 20.8 Å². The number of amides is 2. The first-order valence-electron chi connectivity index (χ1n) is 10.1. The maximum atomic E-state index is 13.3. The Morgan fingerprint density at radius 1 is 1.24 bits per heavy atom. The van der Waals surface area contributed by atoms with Crippen LogP contribution in [0, 0.1) is 32.1 Å². The number of halogens is 3. The summed E-state index contributed by atoms with van der Waals surface area (Å²) in [6.45, 7) is 6.74. The van der Waals surface area contributed by atoms with Gasteiger partial charge < -0.3 is 15.4 Å². The number of aromatic nitrogens is 5. The van der Waals surface area contributed by atoms with Gasteiger partial charge in [-0.2, -0.15) is 28.6 Å². The topological polar surface area (TPSA) is 142 Å². The second kappa shape index (κ2) is 9.74. The number of alkyl halides is 3. The van der Waals surface area contributed by atoms with Crippen molar-refractivity contribution in [2.45, 2.75) is 40.4 Å². The summed E-state index contributed by atoms with van der Waals surface area (Å²) in [5, 5.41) is 28.1. The third-order valence-corrected chi connectivity index (χ3v) is 4.67. The van der Waals surface area contributed by atoms with E-state index in [-0.39, 0.29) is 40.6 Å². The summed E-state index contributed by atoms with van der Waals surface area (Å²) in [7, 11) is 0. The SMILES string of the molecule is CCOc1nc(C)cc(NC(=O)NCc2cc(C)c(-c3c(C(F)(F)F)n[nH]c3C)nn2)c1C#N. The molecule has 34 heavy (non-hydrogen) atoms. The maximum Gasteiger partial charge on any atom is 0.435 e. The second-order valence-corrected chi connectivity index (χ2v) is 7.28. The molecule has 0 fully saturated rings. The van der Waals surface area contributed by atoms with Crippen LogP contribution < -0.4 is 15.4 Å². The number of hydrogen-bond donors (Lipinski definition) is 3. The first-order valence-corrected chi connectivity index (χ1v) is 10.1. The quantitative estimate of drug-likeness (QED) is 0.493. The van der Waals surface area contributed by atoms with Gasteiger partial charge in [-0.25, -0.2) is 9.78 Å². The van der Waals surface area contributed by atoms with Crippen LogP contribution in [-0.2, 0) is 12.7 Å². The standard InChI is InChI=1S/C21H21F3N8O2/c1-5-34-19-14(8-25)15(7-11(3)27-19)28-20(33)26-9-13-6-10(2)17(31-30-13)16-12(4)29-32-18(16)21(22,23)24/h6-7H,5,9H2,1-4H3,(H,29,32)(H2,26,27,28,33). The van der Waals surface area contributed by atoms with Crippen molar-refractivity contribution in [3.63, 3.8) is 0 Å². The number of nitrogens with zero attached hydrogens (tertiary/aromatic N) is 5. The zero-order chi connectivity index (χ0) is 25.0. The first kappa shape index (κ1) is 24.4. The highest BCUT2D eigenvalue weighted by Crippen LogP contribution is 2.37. The Hall–Kier alpha value is -4.21. The van der Waals surface area contributed by atoms with Crippen molar-refractivity contribution in [2.75, 3.05) is 11.9 Å². The number of nitrogens with one attached hydrogen (secondary N) is 3. The monoisotopic (exact) mass is 474 g/mol. The van der Waals surface area contributed by atoms with Gasteiger partial charge in [0.15, 0.2) is 5.69 Å². The van der Waals surface area contributed by atoms with Crippen molar-refractivity contribution >= 4 is 11.7 Å². The molecule has 10 nitrogen and oxygen atoms in total. The van der Waals surface area contributed by atoms with E-state index in [2.05, 4.69) is 36.0 Å². The minimum absolute atomic E-state index is 0.0427. The summed E-state index contributed by atoms with van der Waals surface area (Å²) < 4.78 is 45.2. The summed E-state index contributed by atoms with van der Waals surface area (Å²) in [6, 6.07) is 4.40. The van der Waals surface area contributed by atoms with E-state index in [1.807, 2.05) is 6.07 Å². The molecule has 0 aliphatic carbocycles. The van der Waals surface area contributed by atoms with Gasteiger partial charge in [0.05, 0.1) is 35.8 Å². The number of aryl methyl sites for hydroxylation is 3. The highest BCUT2D eigenvalue weighted by molar-refractivity contribution is 5.91. The highest BCUT2D eigenvalue weighted by Gasteiger charge is 2.38. The highest BCUT2D eigenvalue weighted by atomic mass is 19.4. The zero-order valence-corrected chi connectivity index (χ0v) is 18.8. The van der Waals surface area contributed by atoms with Gasteiger partial charge in [-0.1, -0.05) is 0 Å². The first-order chi connectivity index (χ1) is 16.0. The maximum absolute atomic E-state index is 13.3. The van der Waals surface area contributed by atoms with Crippen molar-refractivity contribution in [3.05, 3.63) is 46.0 Å².